The number of hydrogen-bond acceptors (Lipinski definition) is 5. The maximum absolute atomic E-state index is 12.4. The molecule has 0 saturated carbocycles. The fourth-order valence-corrected chi connectivity index (χ4v) is 5.54. The fourth-order valence-electron chi connectivity index (χ4n) is 2.09. The summed E-state index contributed by atoms with van der Waals surface area (Å²) >= 11 is 4.99. The number of nitrogens with one attached hydrogen (secondary N) is 2. The maximum atomic E-state index is 12.4. The topological polar surface area (TPSA) is 71.3 Å². The first-order valence-corrected chi connectivity index (χ1v) is 10.4. The molecule has 1 aliphatic rings. The van der Waals surface area contributed by atoms with Gasteiger partial charge in [0.25, 0.3) is 0 Å². The quantitative estimate of drug-likeness (QED) is 0.773. The van der Waals surface area contributed by atoms with Crippen molar-refractivity contribution in [3.8, 4) is 0 Å². The van der Waals surface area contributed by atoms with Gasteiger partial charge in [-0.15, -0.1) is 0 Å². The average molecular weight is 397 g/mol. The highest BCUT2D eigenvalue weighted by Gasteiger charge is 2.26. The van der Waals surface area contributed by atoms with Gasteiger partial charge < -0.3 is 9.73 Å². The second-order valence-corrected chi connectivity index (χ2v) is 8.97. The molecule has 2 rings (SSSR count). The molecule has 0 aliphatic carbocycles. The van der Waals surface area contributed by atoms with E-state index in [4.69, 9.17) is 4.42 Å². The SMILES string of the molecule is CC(C)NCc1cc(S(=O)(=O)NC2CCCSC2)c(Br)o1. The first kappa shape index (κ1) is 17.3. The van der Waals surface area contributed by atoms with Crippen LogP contribution in [0.15, 0.2) is 20.0 Å². The van der Waals surface area contributed by atoms with Crippen molar-refractivity contribution in [2.45, 2.75) is 50.2 Å². The fraction of sp³-hybridized carbons (Fsp3) is 0.692. The molecule has 1 saturated heterocycles. The minimum atomic E-state index is -3.54. The van der Waals surface area contributed by atoms with E-state index in [9.17, 15) is 8.42 Å². The van der Waals surface area contributed by atoms with Crippen LogP contribution in [0.1, 0.15) is 32.4 Å². The van der Waals surface area contributed by atoms with Crippen molar-refractivity contribution in [3.63, 3.8) is 0 Å². The van der Waals surface area contributed by atoms with Crippen LogP contribution in [0.25, 0.3) is 0 Å². The molecule has 1 aliphatic heterocycles. The molecule has 1 unspecified atom stereocenters. The van der Waals surface area contributed by atoms with E-state index in [1.54, 1.807) is 17.8 Å². The Morgan fingerprint density at radius 1 is 1.52 bits per heavy atom. The van der Waals surface area contributed by atoms with E-state index in [1.165, 1.54) is 0 Å². The predicted molar refractivity (Wildman–Crippen MR) is 89.1 cm³/mol. The molecule has 120 valence electrons. The lowest BCUT2D eigenvalue weighted by atomic mass is 10.2. The van der Waals surface area contributed by atoms with Crippen molar-refractivity contribution in [2.75, 3.05) is 11.5 Å². The van der Waals surface area contributed by atoms with Gasteiger partial charge in [0, 0.05) is 23.9 Å². The molecule has 1 aromatic rings. The Labute approximate surface area is 138 Å². The second kappa shape index (κ2) is 7.50. The van der Waals surface area contributed by atoms with Gasteiger partial charge in [-0.2, -0.15) is 11.8 Å². The van der Waals surface area contributed by atoms with Gasteiger partial charge >= 0.3 is 0 Å². The Morgan fingerprint density at radius 3 is 2.90 bits per heavy atom. The molecule has 0 amide bonds. The van der Waals surface area contributed by atoms with Gasteiger partial charge in [0.2, 0.25) is 10.0 Å². The van der Waals surface area contributed by atoms with Crippen molar-refractivity contribution < 1.29 is 12.8 Å². The zero-order valence-electron chi connectivity index (χ0n) is 12.2. The number of thioether (sulfide) groups is 1. The second-order valence-electron chi connectivity index (χ2n) is 5.42. The molecule has 21 heavy (non-hydrogen) atoms. The van der Waals surface area contributed by atoms with E-state index in [-0.39, 0.29) is 15.6 Å². The Bertz CT molecular complexity index is 566. The highest BCUT2D eigenvalue weighted by Crippen LogP contribution is 2.27. The molecule has 8 heteroatoms. The van der Waals surface area contributed by atoms with Gasteiger partial charge in [0.1, 0.15) is 10.7 Å². The monoisotopic (exact) mass is 396 g/mol. The number of sulfonamides is 1. The van der Waals surface area contributed by atoms with Gasteiger partial charge in [-0.25, -0.2) is 13.1 Å². The summed E-state index contributed by atoms with van der Waals surface area (Å²) in [6, 6.07) is 1.90. The van der Waals surface area contributed by atoms with E-state index in [1.807, 2.05) is 13.8 Å². The molecule has 0 aromatic carbocycles. The molecule has 1 aromatic heterocycles. The van der Waals surface area contributed by atoms with Crippen molar-refractivity contribution in [2.24, 2.45) is 0 Å². The zero-order chi connectivity index (χ0) is 15.5. The van der Waals surface area contributed by atoms with Gasteiger partial charge in [0.05, 0.1) is 6.54 Å². The summed E-state index contributed by atoms with van der Waals surface area (Å²) in [6.45, 7) is 4.56. The molecule has 0 bridgehead atoms. The first-order valence-electron chi connectivity index (χ1n) is 7.00. The van der Waals surface area contributed by atoms with E-state index < -0.39 is 10.0 Å². The van der Waals surface area contributed by atoms with Crippen LogP contribution in [-0.4, -0.2) is 32.0 Å². The predicted octanol–water partition coefficient (Wildman–Crippen LogP) is 2.71. The summed E-state index contributed by atoms with van der Waals surface area (Å²) in [5, 5.41) is 3.20. The molecule has 0 radical (unpaired) electrons. The number of furan rings is 1. The van der Waals surface area contributed by atoms with Gasteiger partial charge in [0.15, 0.2) is 4.67 Å². The molecule has 2 heterocycles. The summed E-state index contributed by atoms with van der Waals surface area (Å²) < 4.78 is 33.4. The van der Waals surface area contributed by atoms with Crippen LogP contribution < -0.4 is 10.0 Å². The molecule has 1 fully saturated rings. The van der Waals surface area contributed by atoms with Crippen molar-refractivity contribution in [3.05, 3.63) is 16.5 Å². The average Bonchev–Trinajstić information content (AvgIpc) is 2.79. The van der Waals surface area contributed by atoms with Crippen molar-refractivity contribution in [1.82, 2.24) is 10.0 Å². The summed E-state index contributed by atoms with van der Waals surface area (Å²) in [6.07, 6.45) is 1.94. The molecule has 2 N–H and O–H groups in total. The third-order valence-corrected chi connectivity index (χ3v) is 6.76. The summed E-state index contributed by atoms with van der Waals surface area (Å²) in [5.74, 6) is 2.55. The van der Waals surface area contributed by atoms with Crippen molar-refractivity contribution in [1.29, 1.82) is 0 Å². The first-order chi connectivity index (χ1) is 9.88. The Morgan fingerprint density at radius 2 is 2.29 bits per heavy atom. The number of rotatable bonds is 6. The van der Waals surface area contributed by atoms with Crippen LogP contribution in [0.5, 0.6) is 0 Å². The lowest BCUT2D eigenvalue weighted by Crippen LogP contribution is -2.38. The highest BCUT2D eigenvalue weighted by atomic mass is 79.9. The minimum Gasteiger partial charge on any atom is -0.452 e. The molecular formula is C13H21BrN2O3S2. The van der Waals surface area contributed by atoms with E-state index in [0.29, 0.717) is 18.3 Å². The molecular weight excluding hydrogens is 376 g/mol. The van der Waals surface area contributed by atoms with Crippen LogP contribution >= 0.6 is 27.7 Å². The zero-order valence-corrected chi connectivity index (χ0v) is 15.4. The third-order valence-electron chi connectivity index (χ3n) is 3.16. The summed E-state index contributed by atoms with van der Waals surface area (Å²) in [5.41, 5.74) is 0. The van der Waals surface area contributed by atoms with E-state index >= 15 is 0 Å². The molecule has 0 spiro atoms. The Kier molecular flexibility index (Phi) is 6.19. The van der Waals surface area contributed by atoms with Gasteiger partial charge in [-0.05, 0) is 34.5 Å². The summed E-state index contributed by atoms with van der Waals surface area (Å²) in [7, 11) is -3.54. The lowest BCUT2D eigenvalue weighted by molar-refractivity contribution is 0.446. The lowest BCUT2D eigenvalue weighted by Gasteiger charge is -2.21. The minimum absolute atomic E-state index is 0.00721. The number of hydrogen-bond donors (Lipinski definition) is 2. The Hall–Kier alpha value is -0.0200. The maximum Gasteiger partial charge on any atom is 0.245 e. The normalized spacial score (nSPS) is 20.1. The molecule has 1 atom stereocenters. The third kappa shape index (κ3) is 4.99. The summed E-state index contributed by atoms with van der Waals surface area (Å²) in [4.78, 5) is 0.179. The van der Waals surface area contributed by atoms with Crippen LogP contribution in [0, 0.1) is 0 Å². The van der Waals surface area contributed by atoms with Gasteiger partial charge in [-0.1, -0.05) is 13.8 Å². The largest absolute Gasteiger partial charge is 0.452 e. The number of halogens is 1. The van der Waals surface area contributed by atoms with E-state index in [2.05, 4.69) is 26.0 Å². The highest BCUT2D eigenvalue weighted by molar-refractivity contribution is 9.10. The van der Waals surface area contributed by atoms with Crippen LogP contribution in [-0.2, 0) is 16.6 Å². The van der Waals surface area contributed by atoms with Crippen LogP contribution in [0.3, 0.4) is 0 Å². The smallest absolute Gasteiger partial charge is 0.245 e. The van der Waals surface area contributed by atoms with Crippen molar-refractivity contribution >= 4 is 37.7 Å². The van der Waals surface area contributed by atoms with Crippen LogP contribution in [0.2, 0.25) is 0 Å². The van der Waals surface area contributed by atoms with Gasteiger partial charge in [-0.3, -0.25) is 0 Å². The van der Waals surface area contributed by atoms with E-state index in [0.717, 1.165) is 24.3 Å². The van der Waals surface area contributed by atoms with Crippen LogP contribution in [0.4, 0.5) is 0 Å². The Balaban J connectivity index is 2.08. The molecule has 5 nitrogen and oxygen atoms in total. The standard InChI is InChI=1S/C13H21BrN2O3S2/c1-9(2)15-7-11-6-12(13(14)19-11)21(17,18)16-10-4-3-5-20-8-10/h6,9-10,15-16H,3-5,7-8H2,1-2H3.